The molecule has 0 fully saturated rings. The van der Waals surface area contributed by atoms with Gasteiger partial charge in [0.25, 0.3) is 0 Å². The Morgan fingerprint density at radius 2 is 1.81 bits per heavy atom. The molecule has 150 valence electrons. The second-order valence-corrected chi connectivity index (χ2v) is 9.21. The Morgan fingerprint density at radius 3 is 2.26 bits per heavy atom. The number of amidine groups is 1. The van der Waals surface area contributed by atoms with Crippen LogP contribution in [0.2, 0.25) is 0 Å². The van der Waals surface area contributed by atoms with Crippen molar-refractivity contribution in [1.29, 1.82) is 0 Å². The summed E-state index contributed by atoms with van der Waals surface area (Å²) in [6.45, 7) is 7.79. The van der Waals surface area contributed by atoms with Gasteiger partial charge in [0.05, 0.1) is 13.3 Å². The van der Waals surface area contributed by atoms with Crippen molar-refractivity contribution in [3.63, 3.8) is 0 Å². The van der Waals surface area contributed by atoms with Gasteiger partial charge in [-0.3, -0.25) is 10.7 Å². The highest BCUT2D eigenvalue weighted by molar-refractivity contribution is 7.90. The second-order valence-electron chi connectivity index (χ2n) is 7.22. The van der Waals surface area contributed by atoms with E-state index in [2.05, 4.69) is 9.98 Å². The maximum Gasteiger partial charge on any atom is 0.202 e. The molecule has 0 amide bonds. The summed E-state index contributed by atoms with van der Waals surface area (Å²) >= 11 is 0. The van der Waals surface area contributed by atoms with Gasteiger partial charge in [-0.1, -0.05) is 27.7 Å². The van der Waals surface area contributed by atoms with E-state index < -0.39 is 21.7 Å². The summed E-state index contributed by atoms with van der Waals surface area (Å²) in [5.41, 5.74) is 11.6. The first-order valence-electron chi connectivity index (χ1n) is 8.67. The van der Waals surface area contributed by atoms with E-state index in [0.29, 0.717) is 5.75 Å². The molecule has 1 aromatic rings. The van der Waals surface area contributed by atoms with Crippen molar-refractivity contribution in [2.45, 2.75) is 50.4 Å². The minimum atomic E-state index is -3.53. The number of hydrogen-bond acceptors (Lipinski definition) is 8. The number of hydrogen-bond donors (Lipinski definition) is 2. The molecule has 1 aromatic carbocycles. The van der Waals surface area contributed by atoms with Crippen molar-refractivity contribution in [1.82, 2.24) is 0 Å². The van der Waals surface area contributed by atoms with Crippen LogP contribution in [-0.4, -0.2) is 45.7 Å². The number of rotatable bonds is 6. The van der Waals surface area contributed by atoms with Crippen LogP contribution in [0, 0.1) is 5.92 Å². The fourth-order valence-corrected chi connectivity index (χ4v) is 3.73. The number of methoxy groups -OCH3 is 1. The summed E-state index contributed by atoms with van der Waals surface area (Å²) < 4.78 is 36.1. The van der Waals surface area contributed by atoms with Gasteiger partial charge in [-0.25, -0.2) is 13.4 Å². The highest BCUT2D eigenvalue weighted by Crippen LogP contribution is 2.39. The van der Waals surface area contributed by atoms with Gasteiger partial charge in [-0.2, -0.15) is 0 Å². The van der Waals surface area contributed by atoms with Crippen LogP contribution in [0.5, 0.6) is 11.5 Å². The van der Waals surface area contributed by atoms with Crippen molar-refractivity contribution in [2.75, 3.05) is 13.4 Å². The van der Waals surface area contributed by atoms with Crippen LogP contribution in [0.25, 0.3) is 0 Å². The third kappa shape index (κ3) is 4.08. The van der Waals surface area contributed by atoms with E-state index in [9.17, 15) is 8.42 Å². The first-order chi connectivity index (χ1) is 12.4. The number of aliphatic imine (C=N–C) groups is 2. The molecule has 9 heteroatoms. The molecular formula is C18H28N4O4S. The van der Waals surface area contributed by atoms with Crippen molar-refractivity contribution in [2.24, 2.45) is 27.4 Å². The standard InChI is InChI=1S/C18H28N4O4S/c1-10(2)12-7-14(25-5)15(27(6,23)24)8-13(12)26-18(11(3)4)9-21-17(20)22-16(18)19/h7-11,17H,20H2,1-6H3,(H2,19,22). The summed E-state index contributed by atoms with van der Waals surface area (Å²) in [6, 6.07) is 3.16. The Kier molecular flexibility index (Phi) is 5.86. The van der Waals surface area contributed by atoms with E-state index in [4.69, 9.17) is 20.9 Å². The minimum absolute atomic E-state index is 0.0447. The number of ether oxygens (including phenoxy) is 2. The SMILES string of the molecule is COc1cc(C(C)C)c(OC2(C(C)C)C=NC(N)N=C2N)cc1S(C)(=O)=O. The predicted octanol–water partition coefficient (Wildman–Crippen LogP) is 1.68. The summed E-state index contributed by atoms with van der Waals surface area (Å²) in [4.78, 5) is 8.33. The van der Waals surface area contributed by atoms with Crippen LogP contribution in [0.1, 0.15) is 39.2 Å². The molecule has 0 radical (unpaired) electrons. The van der Waals surface area contributed by atoms with Gasteiger partial charge in [0.15, 0.2) is 16.1 Å². The quantitative estimate of drug-likeness (QED) is 0.752. The Hall–Kier alpha value is -2.13. The molecule has 2 rings (SSSR count). The van der Waals surface area contributed by atoms with E-state index in [1.54, 1.807) is 12.3 Å². The Balaban J connectivity index is 2.69. The molecule has 0 spiro atoms. The molecule has 1 aliphatic rings. The van der Waals surface area contributed by atoms with Crippen molar-refractivity contribution < 1.29 is 17.9 Å². The largest absolute Gasteiger partial charge is 0.495 e. The van der Waals surface area contributed by atoms with E-state index in [1.165, 1.54) is 13.2 Å². The molecule has 1 aliphatic heterocycles. The fourth-order valence-electron chi connectivity index (χ4n) is 2.90. The monoisotopic (exact) mass is 396 g/mol. The second kappa shape index (κ2) is 7.47. The maximum atomic E-state index is 12.2. The molecule has 4 N–H and O–H groups in total. The molecule has 0 saturated carbocycles. The van der Waals surface area contributed by atoms with Gasteiger partial charge in [0.2, 0.25) is 5.60 Å². The van der Waals surface area contributed by atoms with Crippen LogP contribution in [-0.2, 0) is 9.84 Å². The van der Waals surface area contributed by atoms with Gasteiger partial charge in [0, 0.05) is 23.8 Å². The molecule has 0 aromatic heterocycles. The third-order valence-corrected chi connectivity index (χ3v) is 5.66. The Labute approximate surface area is 160 Å². The Bertz CT molecular complexity index is 878. The number of sulfone groups is 1. The normalized spacial score (nSPS) is 22.9. The summed E-state index contributed by atoms with van der Waals surface area (Å²) in [5.74, 6) is 0.786. The molecule has 1 heterocycles. The van der Waals surface area contributed by atoms with Gasteiger partial charge in [-0.05, 0) is 12.0 Å². The minimum Gasteiger partial charge on any atom is -0.495 e. The topological polar surface area (TPSA) is 129 Å². The zero-order valence-electron chi connectivity index (χ0n) is 16.6. The lowest BCUT2D eigenvalue weighted by atomic mass is 9.88. The fraction of sp³-hybridized carbons (Fsp3) is 0.556. The lowest BCUT2D eigenvalue weighted by Gasteiger charge is -2.37. The van der Waals surface area contributed by atoms with E-state index >= 15 is 0 Å². The lowest BCUT2D eigenvalue weighted by Crippen LogP contribution is -2.57. The molecule has 0 aliphatic carbocycles. The average Bonchev–Trinajstić information content (AvgIpc) is 2.55. The van der Waals surface area contributed by atoms with Gasteiger partial charge < -0.3 is 15.2 Å². The average molecular weight is 397 g/mol. The number of nitrogens with zero attached hydrogens (tertiary/aromatic N) is 2. The molecule has 0 bridgehead atoms. The zero-order valence-corrected chi connectivity index (χ0v) is 17.4. The first kappa shape index (κ1) is 21.2. The lowest BCUT2D eigenvalue weighted by molar-refractivity contribution is 0.156. The molecule has 2 atom stereocenters. The van der Waals surface area contributed by atoms with Crippen molar-refractivity contribution >= 4 is 21.9 Å². The maximum absolute atomic E-state index is 12.2. The Morgan fingerprint density at radius 1 is 1.19 bits per heavy atom. The summed E-state index contributed by atoms with van der Waals surface area (Å²) in [6.07, 6.45) is 1.91. The zero-order chi connectivity index (χ0) is 20.6. The molecule has 8 nitrogen and oxygen atoms in total. The van der Waals surface area contributed by atoms with Crippen LogP contribution < -0.4 is 20.9 Å². The van der Waals surface area contributed by atoms with Gasteiger partial charge in [-0.15, -0.1) is 0 Å². The summed E-state index contributed by atoms with van der Waals surface area (Å²) in [7, 11) is -2.10. The van der Waals surface area contributed by atoms with Crippen LogP contribution in [0.15, 0.2) is 27.0 Å². The van der Waals surface area contributed by atoms with Gasteiger partial charge >= 0.3 is 0 Å². The smallest absolute Gasteiger partial charge is 0.202 e. The molecule has 2 unspecified atom stereocenters. The van der Waals surface area contributed by atoms with E-state index in [-0.39, 0.29) is 28.3 Å². The van der Waals surface area contributed by atoms with E-state index in [1.807, 2.05) is 27.7 Å². The van der Waals surface area contributed by atoms with Crippen molar-refractivity contribution in [3.8, 4) is 11.5 Å². The highest BCUT2D eigenvalue weighted by Gasteiger charge is 2.42. The first-order valence-corrected chi connectivity index (χ1v) is 10.6. The predicted molar refractivity (Wildman–Crippen MR) is 106 cm³/mol. The molecule has 0 saturated heterocycles. The highest BCUT2D eigenvalue weighted by atomic mass is 32.2. The number of nitrogens with two attached hydrogens (primary N) is 2. The van der Waals surface area contributed by atoms with Crippen LogP contribution in [0.3, 0.4) is 0 Å². The van der Waals surface area contributed by atoms with Gasteiger partial charge in [0.1, 0.15) is 22.2 Å². The molecular weight excluding hydrogens is 368 g/mol. The van der Waals surface area contributed by atoms with Crippen molar-refractivity contribution in [3.05, 3.63) is 17.7 Å². The third-order valence-electron chi connectivity index (χ3n) is 4.54. The number of benzene rings is 1. The van der Waals surface area contributed by atoms with E-state index in [0.717, 1.165) is 11.8 Å². The summed E-state index contributed by atoms with van der Waals surface area (Å²) in [5, 5.41) is 0. The van der Waals surface area contributed by atoms with Crippen LogP contribution in [0.4, 0.5) is 0 Å². The van der Waals surface area contributed by atoms with Crippen LogP contribution >= 0.6 is 0 Å². The molecule has 27 heavy (non-hydrogen) atoms.